The first kappa shape index (κ1) is 18.3. The molecule has 1 aliphatic rings. The molecule has 0 bridgehead atoms. The van der Waals surface area contributed by atoms with Crippen molar-refractivity contribution >= 4 is 5.91 Å². The van der Waals surface area contributed by atoms with Crippen LogP contribution in [-0.2, 0) is 0 Å². The van der Waals surface area contributed by atoms with Gasteiger partial charge in [0.05, 0.1) is 13.7 Å². The molecule has 2 aromatic rings. The molecule has 5 nitrogen and oxygen atoms in total. The van der Waals surface area contributed by atoms with E-state index in [-0.39, 0.29) is 5.91 Å². The summed E-state index contributed by atoms with van der Waals surface area (Å²) in [5, 5.41) is 6.08. The van der Waals surface area contributed by atoms with Crippen LogP contribution in [0, 0.1) is 5.92 Å². The standard InChI is InChI=1S/C21H26N2O3/c1-22-21(24)16-8-9-19(20(12-16)25-2)26-14-17-13-23-11-10-18(17)15-6-4-3-5-7-15/h3-9,12,17-18,23H,10-11,13-14H2,1-2H3,(H,22,24). The van der Waals surface area contributed by atoms with Gasteiger partial charge in [0, 0.05) is 25.1 Å². The van der Waals surface area contributed by atoms with Crippen molar-refractivity contribution in [1.29, 1.82) is 0 Å². The average molecular weight is 354 g/mol. The molecule has 2 unspecified atom stereocenters. The summed E-state index contributed by atoms with van der Waals surface area (Å²) in [7, 11) is 3.20. The molecule has 1 fully saturated rings. The van der Waals surface area contributed by atoms with E-state index in [1.807, 2.05) is 0 Å². The minimum absolute atomic E-state index is 0.143. The fraction of sp³-hybridized carbons (Fsp3) is 0.381. The molecule has 138 valence electrons. The second-order valence-electron chi connectivity index (χ2n) is 6.53. The van der Waals surface area contributed by atoms with Crippen molar-refractivity contribution < 1.29 is 14.3 Å². The number of carbonyl (C=O) groups is 1. The van der Waals surface area contributed by atoms with Crippen LogP contribution in [0.1, 0.15) is 28.3 Å². The van der Waals surface area contributed by atoms with Gasteiger partial charge in [0.1, 0.15) is 0 Å². The SMILES string of the molecule is CNC(=O)c1ccc(OCC2CNCCC2c2ccccc2)c(OC)c1. The number of ether oxygens (including phenoxy) is 2. The molecule has 0 saturated carbocycles. The fourth-order valence-corrected chi connectivity index (χ4v) is 3.51. The summed E-state index contributed by atoms with van der Waals surface area (Å²) in [6, 6.07) is 15.9. The van der Waals surface area contributed by atoms with E-state index in [9.17, 15) is 4.79 Å². The first-order chi connectivity index (χ1) is 12.7. The van der Waals surface area contributed by atoms with Crippen molar-refractivity contribution in [3.63, 3.8) is 0 Å². The molecule has 1 saturated heterocycles. The maximum atomic E-state index is 11.8. The van der Waals surface area contributed by atoms with Gasteiger partial charge in [-0.15, -0.1) is 0 Å². The second-order valence-corrected chi connectivity index (χ2v) is 6.53. The maximum absolute atomic E-state index is 11.8. The van der Waals surface area contributed by atoms with Crippen molar-refractivity contribution in [2.75, 3.05) is 33.9 Å². The van der Waals surface area contributed by atoms with Crippen LogP contribution >= 0.6 is 0 Å². The molecule has 5 heteroatoms. The van der Waals surface area contributed by atoms with Crippen LogP contribution < -0.4 is 20.1 Å². The van der Waals surface area contributed by atoms with Crippen molar-refractivity contribution in [3.05, 3.63) is 59.7 Å². The van der Waals surface area contributed by atoms with Crippen molar-refractivity contribution in [2.45, 2.75) is 12.3 Å². The molecule has 26 heavy (non-hydrogen) atoms. The quantitative estimate of drug-likeness (QED) is 0.837. The van der Waals surface area contributed by atoms with Crippen LogP contribution in [0.15, 0.2) is 48.5 Å². The fourth-order valence-electron chi connectivity index (χ4n) is 3.51. The first-order valence-corrected chi connectivity index (χ1v) is 9.01. The first-order valence-electron chi connectivity index (χ1n) is 9.01. The number of benzene rings is 2. The van der Waals surface area contributed by atoms with Crippen molar-refractivity contribution in [2.24, 2.45) is 5.92 Å². The van der Waals surface area contributed by atoms with E-state index < -0.39 is 0 Å². The molecular weight excluding hydrogens is 328 g/mol. The van der Waals surface area contributed by atoms with Gasteiger partial charge in [-0.05, 0) is 42.6 Å². The maximum Gasteiger partial charge on any atom is 0.251 e. The van der Waals surface area contributed by atoms with Crippen LogP contribution in [0.5, 0.6) is 11.5 Å². The Morgan fingerprint density at radius 2 is 2.00 bits per heavy atom. The Hall–Kier alpha value is -2.53. The number of hydrogen-bond acceptors (Lipinski definition) is 4. The minimum Gasteiger partial charge on any atom is -0.493 e. The summed E-state index contributed by atoms with van der Waals surface area (Å²) in [6.07, 6.45) is 1.10. The van der Waals surface area contributed by atoms with Crippen LogP contribution in [0.4, 0.5) is 0 Å². The minimum atomic E-state index is -0.143. The molecule has 1 amide bonds. The number of hydrogen-bond donors (Lipinski definition) is 2. The molecular formula is C21H26N2O3. The lowest BCUT2D eigenvalue weighted by atomic mass is 9.81. The zero-order chi connectivity index (χ0) is 18.4. The topological polar surface area (TPSA) is 59.6 Å². The van der Waals surface area contributed by atoms with Gasteiger partial charge >= 0.3 is 0 Å². The Morgan fingerprint density at radius 3 is 2.73 bits per heavy atom. The smallest absolute Gasteiger partial charge is 0.251 e. The largest absolute Gasteiger partial charge is 0.493 e. The van der Waals surface area contributed by atoms with Gasteiger partial charge in [0.15, 0.2) is 11.5 Å². The lowest BCUT2D eigenvalue weighted by molar-refractivity contribution is 0.0962. The Balaban J connectivity index is 1.71. The third-order valence-electron chi connectivity index (χ3n) is 4.94. The van der Waals surface area contributed by atoms with Crippen LogP contribution in [0.2, 0.25) is 0 Å². The highest BCUT2D eigenvalue weighted by Crippen LogP contribution is 2.33. The molecule has 0 aromatic heterocycles. The molecule has 2 aromatic carbocycles. The van der Waals surface area contributed by atoms with Gasteiger partial charge in [-0.25, -0.2) is 0 Å². The van der Waals surface area contributed by atoms with Gasteiger partial charge in [-0.1, -0.05) is 30.3 Å². The highest BCUT2D eigenvalue weighted by atomic mass is 16.5. The van der Waals surface area contributed by atoms with E-state index in [0.717, 1.165) is 19.5 Å². The summed E-state index contributed by atoms with van der Waals surface area (Å²) in [5.41, 5.74) is 1.92. The Bertz CT molecular complexity index is 733. The molecule has 1 aliphatic heterocycles. The third kappa shape index (κ3) is 4.17. The lowest BCUT2D eigenvalue weighted by Gasteiger charge is -2.32. The Kier molecular flexibility index (Phi) is 6.12. The normalized spacial score (nSPS) is 19.6. The highest BCUT2D eigenvalue weighted by Gasteiger charge is 2.27. The molecule has 0 radical (unpaired) electrons. The summed E-state index contributed by atoms with van der Waals surface area (Å²) in [5.74, 6) is 1.96. The van der Waals surface area contributed by atoms with Crippen LogP contribution in [0.3, 0.4) is 0 Å². The third-order valence-corrected chi connectivity index (χ3v) is 4.94. The molecule has 2 N–H and O–H groups in total. The zero-order valence-electron chi connectivity index (χ0n) is 15.3. The zero-order valence-corrected chi connectivity index (χ0v) is 15.3. The molecule has 0 aliphatic carbocycles. The number of rotatable bonds is 6. The monoisotopic (exact) mass is 354 g/mol. The Morgan fingerprint density at radius 1 is 1.19 bits per heavy atom. The highest BCUT2D eigenvalue weighted by molar-refractivity contribution is 5.94. The van der Waals surface area contributed by atoms with Gasteiger partial charge in [-0.2, -0.15) is 0 Å². The van der Waals surface area contributed by atoms with Gasteiger partial charge in [0.25, 0.3) is 5.91 Å². The predicted octanol–water partition coefficient (Wildman–Crippen LogP) is 2.83. The van der Waals surface area contributed by atoms with Crippen LogP contribution in [-0.4, -0.2) is 39.8 Å². The summed E-state index contributed by atoms with van der Waals surface area (Å²) >= 11 is 0. The molecule has 3 rings (SSSR count). The number of carbonyl (C=O) groups excluding carboxylic acids is 1. The van der Waals surface area contributed by atoms with E-state index in [1.165, 1.54) is 5.56 Å². The van der Waals surface area contributed by atoms with Crippen molar-refractivity contribution in [1.82, 2.24) is 10.6 Å². The number of amides is 1. The number of methoxy groups -OCH3 is 1. The predicted molar refractivity (Wildman–Crippen MR) is 102 cm³/mol. The average Bonchev–Trinajstić information content (AvgIpc) is 2.72. The van der Waals surface area contributed by atoms with Gasteiger partial charge in [-0.3, -0.25) is 4.79 Å². The molecule has 2 atom stereocenters. The van der Waals surface area contributed by atoms with E-state index in [2.05, 4.69) is 41.0 Å². The Labute approximate surface area is 154 Å². The number of nitrogens with one attached hydrogen (secondary N) is 2. The van der Waals surface area contributed by atoms with E-state index in [0.29, 0.717) is 35.5 Å². The van der Waals surface area contributed by atoms with Gasteiger partial charge in [0.2, 0.25) is 0 Å². The molecule has 1 heterocycles. The lowest BCUT2D eigenvalue weighted by Crippen LogP contribution is -2.38. The van der Waals surface area contributed by atoms with Crippen molar-refractivity contribution in [3.8, 4) is 11.5 Å². The van der Waals surface area contributed by atoms with Crippen LogP contribution in [0.25, 0.3) is 0 Å². The summed E-state index contributed by atoms with van der Waals surface area (Å²) in [4.78, 5) is 11.8. The number of piperidine rings is 1. The van der Waals surface area contributed by atoms with E-state index in [1.54, 1.807) is 32.4 Å². The van der Waals surface area contributed by atoms with E-state index >= 15 is 0 Å². The summed E-state index contributed by atoms with van der Waals surface area (Å²) < 4.78 is 11.5. The van der Waals surface area contributed by atoms with Gasteiger partial charge < -0.3 is 20.1 Å². The molecule has 0 spiro atoms. The second kappa shape index (κ2) is 8.72. The van der Waals surface area contributed by atoms with E-state index in [4.69, 9.17) is 9.47 Å². The summed E-state index contributed by atoms with van der Waals surface area (Å²) in [6.45, 7) is 2.56.